The molecule has 0 aromatic heterocycles. The number of rotatable bonds is 11. The molecule has 0 aliphatic rings. The number of nitrogens with zero attached hydrogens (tertiary/aromatic N) is 1. The highest BCUT2D eigenvalue weighted by atomic mass is 16.3. The van der Waals surface area contributed by atoms with Gasteiger partial charge in [-0.15, -0.1) is 0 Å². The second kappa shape index (κ2) is 19.9. The molecular weight excluding hydrogens is 426 g/mol. The third-order valence-electron chi connectivity index (χ3n) is 4.98. The second-order valence-corrected chi connectivity index (χ2v) is 8.69. The molecule has 0 radical (unpaired) electrons. The fourth-order valence-corrected chi connectivity index (χ4v) is 3.16. The van der Waals surface area contributed by atoms with Crippen LogP contribution >= 0.6 is 0 Å². The summed E-state index contributed by atoms with van der Waals surface area (Å²) in [5.41, 5.74) is 8.07. The van der Waals surface area contributed by atoms with Crippen LogP contribution in [-0.2, 0) is 0 Å². The summed E-state index contributed by atoms with van der Waals surface area (Å²) in [6.45, 7) is 11.3. The van der Waals surface area contributed by atoms with Crippen molar-refractivity contribution >= 4 is 12.2 Å². The smallest absolute Gasteiger partial charge is 0.251 e. The van der Waals surface area contributed by atoms with Gasteiger partial charge in [0, 0.05) is 30.3 Å². The number of amides is 1. The molecule has 6 heteroatoms. The summed E-state index contributed by atoms with van der Waals surface area (Å²) in [6.07, 6.45) is 3.89. The number of aliphatic hydroxyl groups is 1. The van der Waals surface area contributed by atoms with E-state index in [1.165, 1.54) is 37.6 Å². The van der Waals surface area contributed by atoms with Crippen LogP contribution in [0.1, 0.15) is 66.3 Å². The molecule has 0 saturated carbocycles. The standard InChI is InChI=1S/C14H20N2O3.C7H17N.C7H8/c1-10(8-17)5-13(15)7-16-14(19)12-4-2-3-11(6-12)9-18;1-4-6-8(3)7-5-2;1-7-5-3-2-4-6-7/h2-4,6,9-10,13,17H,5,7-8,15H2,1H3,(H,16,19);4-7H2,1-3H3;2-6H,1H3. The molecule has 0 bridgehead atoms. The van der Waals surface area contributed by atoms with Crippen molar-refractivity contribution in [1.29, 1.82) is 0 Å². The van der Waals surface area contributed by atoms with E-state index in [1.807, 2.05) is 25.1 Å². The molecule has 2 aromatic rings. The quantitative estimate of drug-likeness (QED) is 0.425. The van der Waals surface area contributed by atoms with Gasteiger partial charge in [-0.3, -0.25) is 9.59 Å². The lowest BCUT2D eigenvalue weighted by atomic mass is 10.0. The summed E-state index contributed by atoms with van der Waals surface area (Å²) in [5, 5.41) is 11.6. The first kappa shape index (κ1) is 31.5. The lowest BCUT2D eigenvalue weighted by Crippen LogP contribution is -2.38. The molecule has 0 aliphatic heterocycles. The van der Waals surface area contributed by atoms with Gasteiger partial charge in [0.05, 0.1) is 0 Å². The molecule has 1 amide bonds. The molecule has 0 saturated heterocycles. The number of aryl methyl sites for hydroxylation is 1. The largest absolute Gasteiger partial charge is 0.396 e. The third kappa shape index (κ3) is 16.1. The van der Waals surface area contributed by atoms with E-state index >= 15 is 0 Å². The molecule has 2 rings (SSSR count). The van der Waals surface area contributed by atoms with Gasteiger partial charge in [-0.1, -0.05) is 68.8 Å². The Labute approximate surface area is 206 Å². The van der Waals surface area contributed by atoms with Gasteiger partial charge in [0.15, 0.2) is 0 Å². The summed E-state index contributed by atoms with van der Waals surface area (Å²) < 4.78 is 0. The van der Waals surface area contributed by atoms with Gasteiger partial charge in [0.2, 0.25) is 0 Å². The van der Waals surface area contributed by atoms with E-state index < -0.39 is 0 Å². The first-order chi connectivity index (χ1) is 16.3. The third-order valence-corrected chi connectivity index (χ3v) is 4.98. The number of nitrogens with two attached hydrogens (primary N) is 1. The number of nitrogens with one attached hydrogen (secondary N) is 1. The molecule has 2 aromatic carbocycles. The molecule has 2 unspecified atom stereocenters. The van der Waals surface area contributed by atoms with Crippen LogP contribution in [0.25, 0.3) is 0 Å². The second-order valence-electron chi connectivity index (χ2n) is 8.69. The Morgan fingerprint density at radius 1 is 1.09 bits per heavy atom. The van der Waals surface area contributed by atoms with Gasteiger partial charge in [-0.05, 0) is 64.4 Å². The molecule has 2 atom stereocenters. The molecule has 4 N–H and O–H groups in total. The lowest BCUT2D eigenvalue weighted by Gasteiger charge is -2.16. The Morgan fingerprint density at radius 3 is 2.18 bits per heavy atom. The Balaban J connectivity index is 0.000000592. The number of benzene rings is 2. The van der Waals surface area contributed by atoms with Crippen LogP contribution in [0.15, 0.2) is 54.6 Å². The highest BCUT2D eigenvalue weighted by Gasteiger charge is 2.11. The minimum Gasteiger partial charge on any atom is -0.396 e. The van der Waals surface area contributed by atoms with Crippen molar-refractivity contribution in [2.24, 2.45) is 11.7 Å². The fraction of sp³-hybridized carbons (Fsp3) is 0.500. The van der Waals surface area contributed by atoms with Crippen LogP contribution in [-0.4, -0.2) is 61.5 Å². The average molecular weight is 472 g/mol. The molecule has 0 heterocycles. The van der Waals surface area contributed by atoms with Crippen molar-refractivity contribution in [2.45, 2.75) is 53.0 Å². The van der Waals surface area contributed by atoms with Crippen LogP contribution in [0.5, 0.6) is 0 Å². The number of carbonyl (C=O) groups excluding carboxylic acids is 2. The number of aldehydes is 1. The SMILES string of the molecule is CC(CO)CC(N)CNC(=O)c1cccc(C=O)c1.CCCN(C)CCC.Cc1ccccc1. The van der Waals surface area contributed by atoms with Crippen LogP contribution in [0, 0.1) is 12.8 Å². The van der Waals surface area contributed by atoms with Crippen LogP contribution in [0.4, 0.5) is 0 Å². The number of carbonyl (C=O) groups is 2. The van der Waals surface area contributed by atoms with Crippen LogP contribution in [0.2, 0.25) is 0 Å². The zero-order chi connectivity index (χ0) is 25.8. The number of hydrogen-bond acceptors (Lipinski definition) is 5. The molecule has 0 aliphatic carbocycles. The maximum atomic E-state index is 11.8. The monoisotopic (exact) mass is 471 g/mol. The Bertz CT molecular complexity index is 777. The van der Waals surface area contributed by atoms with Crippen molar-refractivity contribution in [1.82, 2.24) is 10.2 Å². The van der Waals surface area contributed by atoms with Gasteiger partial charge < -0.3 is 21.1 Å². The molecule has 0 fully saturated rings. The summed E-state index contributed by atoms with van der Waals surface area (Å²) in [6, 6.07) is 16.5. The van der Waals surface area contributed by atoms with Gasteiger partial charge in [0.1, 0.15) is 6.29 Å². The zero-order valence-corrected chi connectivity index (χ0v) is 21.7. The first-order valence-corrected chi connectivity index (χ1v) is 12.2. The van der Waals surface area contributed by atoms with E-state index in [9.17, 15) is 9.59 Å². The lowest BCUT2D eigenvalue weighted by molar-refractivity contribution is 0.0949. The topological polar surface area (TPSA) is 95.7 Å². The van der Waals surface area contributed by atoms with E-state index in [2.05, 4.69) is 50.2 Å². The van der Waals surface area contributed by atoms with Gasteiger partial charge in [-0.2, -0.15) is 0 Å². The summed E-state index contributed by atoms with van der Waals surface area (Å²) in [4.78, 5) is 24.8. The van der Waals surface area contributed by atoms with Crippen molar-refractivity contribution in [2.75, 3.05) is 33.3 Å². The molecule has 34 heavy (non-hydrogen) atoms. The van der Waals surface area contributed by atoms with E-state index in [4.69, 9.17) is 10.8 Å². The zero-order valence-electron chi connectivity index (χ0n) is 21.7. The number of aliphatic hydroxyl groups excluding tert-OH is 1. The normalized spacial score (nSPS) is 11.9. The molecular formula is C28H45N3O3. The van der Waals surface area contributed by atoms with E-state index in [1.54, 1.807) is 18.2 Å². The van der Waals surface area contributed by atoms with Gasteiger partial charge in [0.25, 0.3) is 5.91 Å². The van der Waals surface area contributed by atoms with Crippen molar-refractivity contribution in [3.05, 3.63) is 71.3 Å². The first-order valence-electron chi connectivity index (χ1n) is 12.2. The predicted octanol–water partition coefficient (Wildman–Crippen LogP) is 4.31. The van der Waals surface area contributed by atoms with Crippen LogP contribution in [0.3, 0.4) is 0 Å². The summed E-state index contributed by atoms with van der Waals surface area (Å²) in [7, 11) is 2.17. The van der Waals surface area contributed by atoms with E-state index in [-0.39, 0.29) is 24.5 Å². The summed E-state index contributed by atoms with van der Waals surface area (Å²) in [5.74, 6) is -0.138. The molecule has 0 spiro atoms. The van der Waals surface area contributed by atoms with E-state index in [0.717, 1.165) is 0 Å². The molecule has 6 nitrogen and oxygen atoms in total. The van der Waals surface area contributed by atoms with Crippen molar-refractivity contribution in [3.8, 4) is 0 Å². The van der Waals surface area contributed by atoms with Gasteiger partial charge >= 0.3 is 0 Å². The predicted molar refractivity (Wildman–Crippen MR) is 142 cm³/mol. The Hall–Kier alpha value is -2.54. The average Bonchev–Trinajstić information content (AvgIpc) is 2.84. The Kier molecular flexibility index (Phi) is 18.4. The van der Waals surface area contributed by atoms with Crippen molar-refractivity contribution < 1.29 is 14.7 Å². The van der Waals surface area contributed by atoms with E-state index in [0.29, 0.717) is 30.4 Å². The highest BCUT2D eigenvalue weighted by Crippen LogP contribution is 2.05. The van der Waals surface area contributed by atoms with Crippen LogP contribution < -0.4 is 11.1 Å². The minimum absolute atomic E-state index is 0.0863. The number of hydrogen-bond donors (Lipinski definition) is 3. The molecule has 190 valence electrons. The van der Waals surface area contributed by atoms with Gasteiger partial charge in [-0.25, -0.2) is 0 Å². The maximum Gasteiger partial charge on any atom is 0.251 e. The summed E-state index contributed by atoms with van der Waals surface area (Å²) >= 11 is 0. The maximum absolute atomic E-state index is 11.8. The fourth-order valence-electron chi connectivity index (χ4n) is 3.16. The highest BCUT2D eigenvalue weighted by molar-refractivity contribution is 5.95. The van der Waals surface area contributed by atoms with Crippen molar-refractivity contribution in [3.63, 3.8) is 0 Å². The minimum atomic E-state index is -0.254. The Morgan fingerprint density at radius 2 is 1.71 bits per heavy atom.